The van der Waals surface area contributed by atoms with E-state index in [1.165, 1.54) is 13.0 Å². The molecule has 0 heterocycles. The molecular weight excluding hydrogens is 377 g/mol. The third-order valence-corrected chi connectivity index (χ3v) is 5.51. The normalized spacial score (nSPS) is 19.2. The van der Waals surface area contributed by atoms with Crippen LogP contribution in [0.1, 0.15) is 54.7 Å². The molecule has 0 aliphatic heterocycles. The lowest BCUT2D eigenvalue weighted by Crippen LogP contribution is -2.21. The summed E-state index contributed by atoms with van der Waals surface area (Å²) in [6, 6.07) is 8.17. The molecule has 1 fully saturated rings. The van der Waals surface area contributed by atoms with E-state index in [1.807, 2.05) is 0 Å². The standard InChI is InChI=1S/C24H27F3O2/c1-3-4-13-28-20-11-12-21(22(25)14-20)17-7-9-19(10-8-17)29-15-18-6-5-16(2)23(26)24(18)27/h3,5-6,11-12,14,17,19H,1,4,7-10,13,15H2,2H3. The number of rotatable bonds is 8. The minimum atomic E-state index is -0.837. The maximum absolute atomic E-state index is 14.5. The van der Waals surface area contributed by atoms with Gasteiger partial charge < -0.3 is 9.47 Å². The second kappa shape index (κ2) is 9.97. The van der Waals surface area contributed by atoms with Crippen molar-refractivity contribution in [2.45, 2.75) is 57.7 Å². The molecule has 0 bridgehead atoms. The topological polar surface area (TPSA) is 18.5 Å². The molecule has 5 heteroatoms. The Morgan fingerprint density at radius 1 is 1.03 bits per heavy atom. The number of hydrogen-bond acceptors (Lipinski definition) is 2. The van der Waals surface area contributed by atoms with E-state index >= 15 is 0 Å². The van der Waals surface area contributed by atoms with Gasteiger partial charge in [0.25, 0.3) is 0 Å². The number of benzene rings is 2. The van der Waals surface area contributed by atoms with Crippen molar-refractivity contribution in [3.05, 3.63) is 77.1 Å². The van der Waals surface area contributed by atoms with Gasteiger partial charge in [-0.15, -0.1) is 6.58 Å². The maximum Gasteiger partial charge on any atom is 0.164 e. The van der Waals surface area contributed by atoms with Gasteiger partial charge >= 0.3 is 0 Å². The first-order valence-corrected chi connectivity index (χ1v) is 10.1. The predicted molar refractivity (Wildman–Crippen MR) is 108 cm³/mol. The molecule has 29 heavy (non-hydrogen) atoms. The Kier molecular flexibility index (Phi) is 7.37. The Labute approximate surface area is 170 Å². The molecule has 1 aliphatic rings. The van der Waals surface area contributed by atoms with Crippen molar-refractivity contribution in [2.75, 3.05) is 6.61 Å². The lowest BCUT2D eigenvalue weighted by Gasteiger charge is -2.29. The van der Waals surface area contributed by atoms with Crippen LogP contribution in [0.25, 0.3) is 0 Å². The van der Waals surface area contributed by atoms with Gasteiger partial charge in [-0.1, -0.05) is 24.3 Å². The molecule has 0 unspecified atom stereocenters. The first-order valence-electron chi connectivity index (χ1n) is 10.1. The third kappa shape index (κ3) is 5.41. The largest absolute Gasteiger partial charge is 0.493 e. The van der Waals surface area contributed by atoms with Crippen LogP contribution in [0, 0.1) is 24.4 Å². The SMILES string of the molecule is C=CCCOc1ccc(C2CCC(OCc3ccc(C)c(F)c3F)CC2)c(F)c1. The van der Waals surface area contributed by atoms with Crippen LogP contribution in [-0.2, 0) is 11.3 Å². The number of halogens is 3. The Morgan fingerprint density at radius 2 is 1.79 bits per heavy atom. The fraction of sp³-hybridized carbons (Fsp3) is 0.417. The van der Waals surface area contributed by atoms with Crippen LogP contribution >= 0.6 is 0 Å². The smallest absolute Gasteiger partial charge is 0.164 e. The Bertz CT molecular complexity index is 842. The summed E-state index contributed by atoms with van der Waals surface area (Å²) >= 11 is 0. The molecule has 2 aromatic carbocycles. The zero-order chi connectivity index (χ0) is 20.8. The van der Waals surface area contributed by atoms with E-state index in [0.29, 0.717) is 24.3 Å². The number of ether oxygens (including phenoxy) is 2. The van der Waals surface area contributed by atoms with Crippen LogP contribution in [0.3, 0.4) is 0 Å². The van der Waals surface area contributed by atoms with E-state index in [2.05, 4.69) is 6.58 Å². The summed E-state index contributed by atoms with van der Waals surface area (Å²) in [7, 11) is 0. The Balaban J connectivity index is 1.51. The van der Waals surface area contributed by atoms with Crippen LogP contribution < -0.4 is 4.74 Å². The van der Waals surface area contributed by atoms with E-state index in [9.17, 15) is 13.2 Å². The van der Waals surface area contributed by atoms with Crippen molar-refractivity contribution in [1.29, 1.82) is 0 Å². The van der Waals surface area contributed by atoms with Gasteiger partial charge in [0.05, 0.1) is 19.3 Å². The van der Waals surface area contributed by atoms with Crippen molar-refractivity contribution < 1.29 is 22.6 Å². The van der Waals surface area contributed by atoms with E-state index in [-0.39, 0.29) is 35.6 Å². The molecule has 0 spiro atoms. The first-order chi connectivity index (χ1) is 14.0. The lowest BCUT2D eigenvalue weighted by molar-refractivity contribution is 0.0116. The van der Waals surface area contributed by atoms with E-state index in [1.54, 1.807) is 30.3 Å². The van der Waals surface area contributed by atoms with Crippen LogP contribution in [-0.4, -0.2) is 12.7 Å². The summed E-state index contributed by atoms with van der Waals surface area (Å²) < 4.78 is 53.5. The Morgan fingerprint density at radius 3 is 2.48 bits per heavy atom. The van der Waals surface area contributed by atoms with Crippen molar-refractivity contribution in [3.63, 3.8) is 0 Å². The summed E-state index contributed by atoms with van der Waals surface area (Å²) in [5.41, 5.74) is 1.21. The molecule has 0 amide bonds. The van der Waals surface area contributed by atoms with Gasteiger partial charge in [-0.3, -0.25) is 0 Å². The van der Waals surface area contributed by atoms with Crippen LogP contribution in [0.15, 0.2) is 43.0 Å². The van der Waals surface area contributed by atoms with Gasteiger partial charge in [0, 0.05) is 11.6 Å². The highest BCUT2D eigenvalue weighted by atomic mass is 19.2. The monoisotopic (exact) mass is 404 g/mol. The predicted octanol–water partition coefficient (Wildman–Crippen LogP) is 6.61. The molecule has 1 saturated carbocycles. The highest BCUT2D eigenvalue weighted by Gasteiger charge is 2.25. The summed E-state index contributed by atoms with van der Waals surface area (Å²) in [6.07, 6.45) is 5.56. The lowest BCUT2D eigenvalue weighted by atomic mass is 9.82. The second-order valence-electron chi connectivity index (χ2n) is 7.56. The first kappa shape index (κ1) is 21.4. The molecule has 2 nitrogen and oxygen atoms in total. The molecule has 0 aromatic heterocycles. The fourth-order valence-corrected chi connectivity index (χ4v) is 3.73. The molecule has 0 saturated heterocycles. The third-order valence-electron chi connectivity index (χ3n) is 5.51. The van der Waals surface area contributed by atoms with Crippen molar-refractivity contribution in [3.8, 4) is 5.75 Å². The molecule has 1 aliphatic carbocycles. The molecule has 0 radical (unpaired) electrons. The minimum absolute atomic E-state index is 0.0282. The second-order valence-corrected chi connectivity index (χ2v) is 7.56. The molecule has 2 aromatic rings. The highest BCUT2D eigenvalue weighted by molar-refractivity contribution is 5.31. The summed E-state index contributed by atoms with van der Waals surface area (Å²) in [6.45, 7) is 5.69. The zero-order valence-electron chi connectivity index (χ0n) is 16.7. The van der Waals surface area contributed by atoms with Crippen LogP contribution in [0.2, 0.25) is 0 Å². The van der Waals surface area contributed by atoms with E-state index in [4.69, 9.17) is 9.47 Å². The average Bonchev–Trinajstić information content (AvgIpc) is 2.72. The molecule has 3 rings (SSSR count). The zero-order valence-corrected chi connectivity index (χ0v) is 16.7. The maximum atomic E-state index is 14.5. The van der Waals surface area contributed by atoms with E-state index in [0.717, 1.165) is 25.7 Å². The van der Waals surface area contributed by atoms with E-state index < -0.39 is 11.6 Å². The molecule has 0 atom stereocenters. The summed E-state index contributed by atoms with van der Waals surface area (Å²) in [5, 5.41) is 0. The fourth-order valence-electron chi connectivity index (χ4n) is 3.73. The average molecular weight is 404 g/mol. The van der Waals surface area contributed by atoms with Gasteiger partial charge in [0.2, 0.25) is 0 Å². The van der Waals surface area contributed by atoms with Crippen molar-refractivity contribution in [2.24, 2.45) is 0 Å². The Hall–Kier alpha value is -2.27. The van der Waals surface area contributed by atoms with Crippen LogP contribution in [0.5, 0.6) is 5.75 Å². The van der Waals surface area contributed by atoms with Crippen molar-refractivity contribution >= 4 is 0 Å². The van der Waals surface area contributed by atoms with Gasteiger partial charge in [-0.2, -0.15) is 0 Å². The van der Waals surface area contributed by atoms with Gasteiger partial charge in [0.1, 0.15) is 11.6 Å². The quantitative estimate of drug-likeness (QED) is 0.364. The number of aryl methyl sites for hydroxylation is 1. The highest BCUT2D eigenvalue weighted by Crippen LogP contribution is 2.36. The van der Waals surface area contributed by atoms with Gasteiger partial charge in [0.15, 0.2) is 11.6 Å². The van der Waals surface area contributed by atoms with Crippen molar-refractivity contribution in [1.82, 2.24) is 0 Å². The van der Waals surface area contributed by atoms with Crippen LogP contribution in [0.4, 0.5) is 13.2 Å². The molecule has 0 N–H and O–H groups in total. The summed E-state index contributed by atoms with van der Waals surface area (Å²) in [5.74, 6) is -1.25. The van der Waals surface area contributed by atoms with Gasteiger partial charge in [-0.05, 0) is 62.1 Å². The van der Waals surface area contributed by atoms with Gasteiger partial charge in [-0.25, -0.2) is 13.2 Å². The molecule has 156 valence electrons. The minimum Gasteiger partial charge on any atom is -0.493 e. The number of hydrogen-bond donors (Lipinski definition) is 0. The molecular formula is C24H27F3O2. The summed E-state index contributed by atoms with van der Waals surface area (Å²) in [4.78, 5) is 0.